The number of carbonyl (C=O) groups is 2. The summed E-state index contributed by atoms with van der Waals surface area (Å²) >= 11 is 0. The van der Waals surface area contributed by atoms with Crippen molar-refractivity contribution in [1.82, 2.24) is 0 Å². The van der Waals surface area contributed by atoms with Crippen LogP contribution in [0.2, 0.25) is 0 Å². The summed E-state index contributed by atoms with van der Waals surface area (Å²) in [7, 11) is 0. The largest absolute Gasteiger partial charge is 0.508 e. The third kappa shape index (κ3) is 3.53. The molecule has 5 rings (SSSR count). The van der Waals surface area contributed by atoms with E-state index in [0.717, 1.165) is 16.9 Å². The standard InChI is InChI=1S/C27H23NO5/c1-15-3-8-20(9-4-15)28-24(17-5-10-21(29)11-6-17)23(26(31)27(28)32)25(30)18-7-12-22-19(14-18)13-16(2)33-22/h3-12,14,16,24,29-30H,13H2,1-2H3/b25-23-. The molecule has 6 heteroatoms. The second kappa shape index (κ2) is 7.81. The van der Waals surface area contributed by atoms with E-state index in [9.17, 15) is 19.8 Å². The van der Waals surface area contributed by atoms with E-state index < -0.39 is 17.7 Å². The van der Waals surface area contributed by atoms with Gasteiger partial charge in [-0.15, -0.1) is 0 Å². The van der Waals surface area contributed by atoms with E-state index >= 15 is 0 Å². The number of nitrogens with zero attached hydrogens (tertiary/aromatic N) is 1. The fourth-order valence-electron chi connectivity index (χ4n) is 4.50. The maximum absolute atomic E-state index is 13.2. The van der Waals surface area contributed by atoms with Crippen LogP contribution < -0.4 is 9.64 Å². The molecule has 33 heavy (non-hydrogen) atoms. The molecule has 2 heterocycles. The van der Waals surface area contributed by atoms with E-state index in [0.29, 0.717) is 23.2 Å². The van der Waals surface area contributed by atoms with Crippen molar-refractivity contribution >= 4 is 23.1 Å². The Morgan fingerprint density at radius 1 is 1.00 bits per heavy atom. The first kappa shape index (κ1) is 20.8. The van der Waals surface area contributed by atoms with Crippen molar-refractivity contribution in [3.63, 3.8) is 0 Å². The molecule has 1 amide bonds. The maximum Gasteiger partial charge on any atom is 0.300 e. The van der Waals surface area contributed by atoms with Gasteiger partial charge in [-0.3, -0.25) is 14.5 Å². The summed E-state index contributed by atoms with van der Waals surface area (Å²) in [4.78, 5) is 27.8. The normalized spacial score (nSPS) is 21.2. The average Bonchev–Trinajstić information content (AvgIpc) is 3.30. The lowest BCUT2D eigenvalue weighted by molar-refractivity contribution is -0.132. The van der Waals surface area contributed by atoms with Gasteiger partial charge in [-0.05, 0) is 67.4 Å². The molecule has 0 aliphatic carbocycles. The minimum atomic E-state index is -0.836. The Morgan fingerprint density at radius 2 is 1.70 bits per heavy atom. The minimum Gasteiger partial charge on any atom is -0.508 e. The van der Waals surface area contributed by atoms with Gasteiger partial charge < -0.3 is 14.9 Å². The summed E-state index contributed by atoms with van der Waals surface area (Å²) in [5, 5.41) is 21.1. The summed E-state index contributed by atoms with van der Waals surface area (Å²) in [5.74, 6) is -0.871. The molecule has 2 aliphatic heterocycles. The molecule has 166 valence electrons. The van der Waals surface area contributed by atoms with Crippen molar-refractivity contribution < 1.29 is 24.5 Å². The number of benzene rings is 3. The van der Waals surface area contributed by atoms with Crippen LogP contribution >= 0.6 is 0 Å². The number of anilines is 1. The predicted molar refractivity (Wildman–Crippen MR) is 124 cm³/mol. The summed E-state index contributed by atoms with van der Waals surface area (Å²) in [6.07, 6.45) is 0.747. The van der Waals surface area contributed by atoms with Crippen molar-refractivity contribution in [3.8, 4) is 11.5 Å². The van der Waals surface area contributed by atoms with Gasteiger partial charge in [0.1, 0.15) is 23.4 Å². The highest BCUT2D eigenvalue weighted by Crippen LogP contribution is 2.43. The van der Waals surface area contributed by atoms with Crippen LogP contribution in [0.15, 0.2) is 72.3 Å². The number of ether oxygens (including phenoxy) is 1. The molecule has 1 fully saturated rings. The number of amides is 1. The molecule has 2 atom stereocenters. The van der Waals surface area contributed by atoms with Gasteiger partial charge in [0.05, 0.1) is 11.6 Å². The van der Waals surface area contributed by atoms with Crippen LogP contribution in [0.3, 0.4) is 0 Å². The summed E-state index contributed by atoms with van der Waals surface area (Å²) in [5.41, 5.74) is 3.59. The number of aliphatic hydroxyl groups excluding tert-OH is 1. The highest BCUT2D eigenvalue weighted by atomic mass is 16.5. The number of rotatable bonds is 3. The lowest BCUT2D eigenvalue weighted by atomic mass is 9.94. The molecule has 6 nitrogen and oxygen atoms in total. The van der Waals surface area contributed by atoms with Crippen molar-refractivity contribution in [2.75, 3.05) is 4.90 Å². The van der Waals surface area contributed by atoms with Gasteiger partial charge in [-0.25, -0.2) is 0 Å². The first-order chi connectivity index (χ1) is 15.8. The number of fused-ring (bicyclic) bond motifs is 1. The number of aliphatic hydroxyl groups is 1. The van der Waals surface area contributed by atoms with E-state index in [1.165, 1.54) is 17.0 Å². The first-order valence-electron chi connectivity index (χ1n) is 10.8. The number of hydrogen-bond donors (Lipinski definition) is 2. The molecular formula is C27H23NO5. The quantitative estimate of drug-likeness (QED) is 0.351. The van der Waals surface area contributed by atoms with Gasteiger partial charge in [0, 0.05) is 17.7 Å². The van der Waals surface area contributed by atoms with Crippen LogP contribution in [-0.4, -0.2) is 28.0 Å². The van der Waals surface area contributed by atoms with Crippen LogP contribution in [-0.2, 0) is 16.0 Å². The van der Waals surface area contributed by atoms with Crippen LogP contribution in [0.25, 0.3) is 5.76 Å². The number of phenolic OH excluding ortho intramolecular Hbond substituents is 1. The Balaban J connectivity index is 1.68. The Labute approximate surface area is 191 Å². The van der Waals surface area contributed by atoms with Crippen LogP contribution in [0.1, 0.15) is 35.2 Å². The third-order valence-corrected chi connectivity index (χ3v) is 6.13. The molecule has 3 aromatic rings. The fourth-order valence-corrected chi connectivity index (χ4v) is 4.50. The molecule has 2 aliphatic rings. The van der Waals surface area contributed by atoms with E-state index in [-0.39, 0.29) is 23.2 Å². The first-order valence-corrected chi connectivity index (χ1v) is 10.8. The number of aryl methyl sites for hydroxylation is 1. The van der Waals surface area contributed by atoms with Crippen LogP contribution in [0.5, 0.6) is 11.5 Å². The molecule has 2 unspecified atom stereocenters. The molecule has 0 spiro atoms. The monoisotopic (exact) mass is 441 g/mol. The summed E-state index contributed by atoms with van der Waals surface area (Å²) < 4.78 is 5.74. The fraction of sp³-hybridized carbons (Fsp3) is 0.185. The maximum atomic E-state index is 13.2. The molecule has 0 aromatic heterocycles. The Morgan fingerprint density at radius 3 is 2.39 bits per heavy atom. The lowest BCUT2D eigenvalue weighted by Gasteiger charge is -2.25. The molecular weight excluding hydrogens is 418 g/mol. The van der Waals surface area contributed by atoms with Crippen molar-refractivity contribution in [2.24, 2.45) is 0 Å². The van der Waals surface area contributed by atoms with Gasteiger partial charge >= 0.3 is 0 Å². The zero-order valence-electron chi connectivity index (χ0n) is 18.3. The second-order valence-electron chi connectivity index (χ2n) is 8.55. The SMILES string of the molecule is Cc1ccc(N2C(=O)C(=O)/C(=C(\O)c3ccc4c(c3)CC(C)O4)C2c2ccc(O)cc2)cc1. The minimum absolute atomic E-state index is 0.0122. The Hall–Kier alpha value is -4.06. The van der Waals surface area contributed by atoms with Gasteiger partial charge in [0.25, 0.3) is 11.7 Å². The Bertz CT molecular complexity index is 1290. The number of Topliss-reactive ketones (excluding diaryl/α,β-unsaturated/α-hetero) is 1. The smallest absolute Gasteiger partial charge is 0.300 e. The van der Waals surface area contributed by atoms with Crippen molar-refractivity contribution in [3.05, 3.63) is 94.6 Å². The number of hydrogen-bond acceptors (Lipinski definition) is 5. The highest BCUT2D eigenvalue weighted by molar-refractivity contribution is 6.51. The second-order valence-corrected chi connectivity index (χ2v) is 8.55. The van der Waals surface area contributed by atoms with Crippen LogP contribution in [0.4, 0.5) is 5.69 Å². The van der Waals surface area contributed by atoms with E-state index in [4.69, 9.17) is 4.74 Å². The number of aromatic hydroxyl groups is 1. The Kier molecular flexibility index (Phi) is 4.93. The average molecular weight is 441 g/mol. The molecule has 1 saturated heterocycles. The topological polar surface area (TPSA) is 87.1 Å². The van der Waals surface area contributed by atoms with E-state index in [1.54, 1.807) is 42.5 Å². The molecule has 0 bridgehead atoms. The van der Waals surface area contributed by atoms with Crippen molar-refractivity contribution in [2.45, 2.75) is 32.4 Å². The predicted octanol–water partition coefficient (Wildman–Crippen LogP) is 4.65. The number of ketones is 1. The van der Waals surface area contributed by atoms with E-state index in [2.05, 4.69) is 0 Å². The zero-order valence-corrected chi connectivity index (χ0v) is 18.3. The number of carbonyl (C=O) groups excluding carboxylic acids is 2. The van der Waals surface area contributed by atoms with Crippen LogP contribution in [0, 0.1) is 6.92 Å². The molecule has 3 aromatic carbocycles. The van der Waals surface area contributed by atoms with Gasteiger partial charge in [-0.2, -0.15) is 0 Å². The highest BCUT2D eigenvalue weighted by Gasteiger charge is 2.47. The van der Waals surface area contributed by atoms with Gasteiger partial charge in [-0.1, -0.05) is 29.8 Å². The summed E-state index contributed by atoms with van der Waals surface area (Å²) in [6.45, 7) is 3.91. The lowest BCUT2D eigenvalue weighted by Crippen LogP contribution is -2.29. The van der Waals surface area contributed by atoms with E-state index in [1.807, 2.05) is 26.0 Å². The van der Waals surface area contributed by atoms with Gasteiger partial charge in [0.2, 0.25) is 0 Å². The van der Waals surface area contributed by atoms with Gasteiger partial charge in [0.15, 0.2) is 0 Å². The number of phenols is 1. The summed E-state index contributed by atoms with van der Waals surface area (Å²) in [6, 6.07) is 18.0. The zero-order chi connectivity index (χ0) is 23.3. The third-order valence-electron chi connectivity index (χ3n) is 6.13. The molecule has 0 saturated carbocycles. The molecule has 0 radical (unpaired) electrons. The molecule has 2 N–H and O–H groups in total. The van der Waals surface area contributed by atoms with Crippen molar-refractivity contribution in [1.29, 1.82) is 0 Å².